The van der Waals surface area contributed by atoms with Crippen LogP contribution in [0.2, 0.25) is 0 Å². The number of aryl methyl sites for hydroxylation is 1. The van der Waals surface area contributed by atoms with E-state index in [-0.39, 0.29) is 6.61 Å². The molecule has 1 saturated heterocycles. The topological polar surface area (TPSA) is 88.3 Å². The van der Waals surface area contributed by atoms with Crippen LogP contribution in [0.25, 0.3) is 11.2 Å². The van der Waals surface area contributed by atoms with Crippen LogP contribution in [0, 0.1) is 5.92 Å². The quantitative estimate of drug-likeness (QED) is 0.812. The predicted octanol–water partition coefficient (Wildman–Crippen LogP) is 1.78. The van der Waals surface area contributed by atoms with Crippen LogP contribution in [0.4, 0.5) is 11.8 Å². The summed E-state index contributed by atoms with van der Waals surface area (Å²) in [5, 5.41) is 13.2. The fraction of sp³-hybridized carbons (Fsp3) is 0.722. The minimum absolute atomic E-state index is 0.186. The molecule has 0 amide bonds. The van der Waals surface area contributed by atoms with Crippen molar-refractivity contribution in [3.63, 3.8) is 0 Å². The average molecular weight is 360 g/mol. The third-order valence-corrected chi connectivity index (χ3v) is 5.60. The zero-order valence-corrected chi connectivity index (χ0v) is 15.6. The van der Waals surface area contributed by atoms with Gasteiger partial charge >= 0.3 is 0 Å². The molecule has 4 rings (SSSR count). The molecule has 2 fully saturated rings. The summed E-state index contributed by atoms with van der Waals surface area (Å²) in [5.74, 6) is 2.80. The van der Waals surface area contributed by atoms with Gasteiger partial charge in [-0.2, -0.15) is 4.98 Å². The highest BCUT2D eigenvalue weighted by atomic mass is 16.5. The fourth-order valence-electron chi connectivity index (χ4n) is 3.82. The largest absolute Gasteiger partial charge is 0.388 e. The van der Waals surface area contributed by atoms with Crippen LogP contribution in [0.1, 0.15) is 38.9 Å². The lowest BCUT2D eigenvalue weighted by molar-refractivity contribution is 0.121. The second kappa shape index (κ2) is 7.36. The molecule has 0 radical (unpaired) electrons. The highest BCUT2D eigenvalue weighted by Crippen LogP contribution is 2.33. The molecule has 1 saturated carbocycles. The molecule has 0 aromatic carbocycles. The van der Waals surface area contributed by atoms with E-state index in [1.807, 2.05) is 0 Å². The SMILES string of the molecule is CCn1c(N2CCOCC2)nc2nc(CO)nc(NC(C)C3CCC3)c21. The Labute approximate surface area is 153 Å². The monoisotopic (exact) mass is 360 g/mol. The molecule has 0 spiro atoms. The predicted molar refractivity (Wildman–Crippen MR) is 100 cm³/mol. The Hall–Kier alpha value is -1.93. The van der Waals surface area contributed by atoms with Crippen molar-refractivity contribution in [2.24, 2.45) is 5.92 Å². The molecular weight excluding hydrogens is 332 g/mol. The third-order valence-electron chi connectivity index (χ3n) is 5.60. The summed E-state index contributed by atoms with van der Waals surface area (Å²) < 4.78 is 7.65. The summed E-state index contributed by atoms with van der Waals surface area (Å²) in [6.45, 7) is 8.01. The number of aliphatic hydroxyl groups is 1. The maximum absolute atomic E-state index is 9.59. The normalized spacial score (nSPS) is 19.6. The van der Waals surface area contributed by atoms with E-state index >= 15 is 0 Å². The highest BCUT2D eigenvalue weighted by Gasteiger charge is 2.27. The molecule has 8 heteroatoms. The van der Waals surface area contributed by atoms with Gasteiger partial charge in [0.2, 0.25) is 5.95 Å². The van der Waals surface area contributed by atoms with Crippen LogP contribution in [-0.4, -0.2) is 57.0 Å². The van der Waals surface area contributed by atoms with Crippen molar-refractivity contribution in [2.75, 3.05) is 36.5 Å². The molecule has 2 aromatic rings. The van der Waals surface area contributed by atoms with Crippen molar-refractivity contribution in [1.29, 1.82) is 0 Å². The lowest BCUT2D eigenvalue weighted by atomic mass is 9.80. The van der Waals surface area contributed by atoms with Crippen LogP contribution in [0.15, 0.2) is 0 Å². The molecule has 1 atom stereocenters. The van der Waals surface area contributed by atoms with E-state index in [4.69, 9.17) is 9.72 Å². The van der Waals surface area contributed by atoms with Crippen LogP contribution in [-0.2, 0) is 17.9 Å². The van der Waals surface area contributed by atoms with Crippen molar-refractivity contribution in [1.82, 2.24) is 19.5 Å². The zero-order chi connectivity index (χ0) is 18.1. The van der Waals surface area contributed by atoms with Crippen molar-refractivity contribution in [3.05, 3.63) is 5.82 Å². The fourth-order valence-corrected chi connectivity index (χ4v) is 3.82. The van der Waals surface area contributed by atoms with Crippen LogP contribution in [0.3, 0.4) is 0 Å². The second-order valence-electron chi connectivity index (χ2n) is 7.20. The molecule has 1 aliphatic carbocycles. The molecule has 8 nitrogen and oxygen atoms in total. The molecule has 0 bridgehead atoms. The molecule has 2 N–H and O–H groups in total. The van der Waals surface area contributed by atoms with Crippen LogP contribution < -0.4 is 10.2 Å². The van der Waals surface area contributed by atoms with Gasteiger partial charge in [-0.3, -0.25) is 0 Å². The number of anilines is 2. The molecule has 1 aliphatic heterocycles. The number of nitrogens with zero attached hydrogens (tertiary/aromatic N) is 5. The van der Waals surface area contributed by atoms with Gasteiger partial charge in [0.25, 0.3) is 0 Å². The van der Waals surface area contributed by atoms with Crippen molar-refractivity contribution >= 4 is 22.9 Å². The molecule has 1 unspecified atom stereocenters. The van der Waals surface area contributed by atoms with E-state index in [0.717, 1.165) is 36.9 Å². The van der Waals surface area contributed by atoms with E-state index in [1.54, 1.807) is 0 Å². The molecule has 142 valence electrons. The van der Waals surface area contributed by atoms with Crippen molar-refractivity contribution in [2.45, 2.75) is 52.3 Å². The number of morpholine rings is 1. The number of aromatic nitrogens is 4. The third kappa shape index (κ3) is 3.12. The van der Waals surface area contributed by atoms with E-state index in [1.165, 1.54) is 19.3 Å². The van der Waals surface area contributed by atoms with E-state index in [2.05, 4.69) is 38.6 Å². The second-order valence-corrected chi connectivity index (χ2v) is 7.20. The molecule has 3 heterocycles. The van der Waals surface area contributed by atoms with Crippen molar-refractivity contribution < 1.29 is 9.84 Å². The van der Waals surface area contributed by atoms with E-state index in [9.17, 15) is 5.11 Å². The summed E-state index contributed by atoms with van der Waals surface area (Å²) in [6.07, 6.45) is 3.84. The minimum atomic E-state index is -0.186. The summed E-state index contributed by atoms with van der Waals surface area (Å²) in [5.41, 5.74) is 1.58. The van der Waals surface area contributed by atoms with Crippen LogP contribution in [0.5, 0.6) is 0 Å². The number of rotatable bonds is 6. The summed E-state index contributed by atoms with van der Waals surface area (Å²) >= 11 is 0. The van der Waals surface area contributed by atoms with Gasteiger partial charge in [0, 0.05) is 25.7 Å². The van der Waals surface area contributed by atoms with Gasteiger partial charge in [-0.05, 0) is 32.6 Å². The minimum Gasteiger partial charge on any atom is -0.388 e. The number of aliphatic hydroxyl groups excluding tert-OH is 1. The van der Waals surface area contributed by atoms with Gasteiger partial charge in [0.15, 0.2) is 17.3 Å². The Bertz CT molecular complexity index is 767. The first kappa shape index (κ1) is 17.5. The number of ether oxygens (including phenoxy) is 1. The first-order chi connectivity index (χ1) is 12.7. The molecule has 2 aliphatic rings. The smallest absolute Gasteiger partial charge is 0.208 e. The van der Waals surface area contributed by atoms with Crippen LogP contribution >= 0.6 is 0 Å². The van der Waals surface area contributed by atoms with Gasteiger partial charge in [0.1, 0.15) is 12.1 Å². The maximum Gasteiger partial charge on any atom is 0.208 e. The molecule has 2 aromatic heterocycles. The lowest BCUT2D eigenvalue weighted by Crippen LogP contribution is -2.38. The van der Waals surface area contributed by atoms with Gasteiger partial charge in [0.05, 0.1) is 13.2 Å². The lowest BCUT2D eigenvalue weighted by Gasteiger charge is -2.32. The summed E-state index contributed by atoms with van der Waals surface area (Å²) in [7, 11) is 0. The zero-order valence-electron chi connectivity index (χ0n) is 15.6. The number of fused-ring (bicyclic) bond motifs is 1. The highest BCUT2D eigenvalue weighted by molar-refractivity contribution is 5.86. The number of hydrogen-bond acceptors (Lipinski definition) is 7. The summed E-state index contributed by atoms with van der Waals surface area (Å²) in [6, 6.07) is 0.348. The van der Waals surface area contributed by atoms with Gasteiger partial charge in [-0.25, -0.2) is 9.97 Å². The first-order valence-electron chi connectivity index (χ1n) is 9.68. The standard InChI is InChI=1S/C18H28N6O2/c1-3-24-15-16(19-12(2)13-5-4-6-13)20-14(11-25)21-17(15)22-18(24)23-7-9-26-10-8-23/h12-13,25H,3-11H2,1-2H3,(H,19,20,21). The number of imidazole rings is 1. The summed E-state index contributed by atoms with van der Waals surface area (Å²) in [4.78, 5) is 16.1. The number of nitrogens with one attached hydrogen (secondary N) is 1. The Morgan fingerprint density at radius 3 is 2.62 bits per heavy atom. The van der Waals surface area contributed by atoms with Gasteiger partial charge in [-0.15, -0.1) is 0 Å². The number of hydrogen-bond donors (Lipinski definition) is 2. The Morgan fingerprint density at radius 1 is 1.23 bits per heavy atom. The Morgan fingerprint density at radius 2 is 2.00 bits per heavy atom. The Kier molecular flexibility index (Phi) is 4.95. The van der Waals surface area contributed by atoms with Crippen molar-refractivity contribution in [3.8, 4) is 0 Å². The first-order valence-corrected chi connectivity index (χ1v) is 9.68. The van der Waals surface area contributed by atoms with Gasteiger partial charge in [-0.1, -0.05) is 6.42 Å². The van der Waals surface area contributed by atoms with E-state index < -0.39 is 0 Å². The maximum atomic E-state index is 9.59. The van der Waals surface area contributed by atoms with E-state index in [0.29, 0.717) is 36.6 Å². The molecule has 26 heavy (non-hydrogen) atoms. The average Bonchev–Trinajstić information content (AvgIpc) is 2.99. The van der Waals surface area contributed by atoms with Gasteiger partial charge < -0.3 is 24.6 Å². The Balaban J connectivity index is 1.76. The molecular formula is C18H28N6O2.